The molecule has 124 valence electrons. The van der Waals surface area contributed by atoms with Crippen LogP contribution in [-0.4, -0.2) is 37.9 Å². The van der Waals surface area contributed by atoms with Crippen LogP contribution in [0.5, 0.6) is 0 Å². The van der Waals surface area contributed by atoms with Crippen LogP contribution in [0.2, 0.25) is 0 Å². The van der Waals surface area contributed by atoms with Crippen molar-refractivity contribution in [2.45, 2.75) is 65.8 Å². The van der Waals surface area contributed by atoms with Gasteiger partial charge < -0.3 is 9.47 Å². The molecule has 0 aliphatic heterocycles. The molecule has 1 atom stereocenters. The van der Waals surface area contributed by atoms with Crippen molar-refractivity contribution in [3.63, 3.8) is 0 Å². The molecule has 1 rings (SSSR count). The number of hydrogen-bond acceptors (Lipinski definition) is 4. The predicted octanol–water partition coefficient (Wildman–Crippen LogP) is 3.15. The average Bonchev–Trinajstić information content (AvgIpc) is 3.22. The van der Waals surface area contributed by atoms with Crippen molar-refractivity contribution in [1.29, 1.82) is 0 Å². The number of carbonyl (C=O) groups excluding carboxylic acids is 1. The van der Waals surface area contributed by atoms with Crippen LogP contribution in [0.15, 0.2) is 0 Å². The summed E-state index contributed by atoms with van der Waals surface area (Å²) in [5.74, 6) is 0.217. The van der Waals surface area contributed by atoms with Crippen molar-refractivity contribution in [1.82, 2.24) is 5.32 Å². The molecule has 0 aromatic rings. The van der Waals surface area contributed by atoms with Gasteiger partial charge >= 0.3 is 5.97 Å². The van der Waals surface area contributed by atoms with E-state index in [0.717, 1.165) is 32.2 Å². The molecule has 1 fully saturated rings. The number of rotatable bonds is 10. The van der Waals surface area contributed by atoms with Crippen LogP contribution in [0.4, 0.5) is 0 Å². The summed E-state index contributed by atoms with van der Waals surface area (Å²) < 4.78 is 11.2. The molecule has 0 saturated heterocycles. The van der Waals surface area contributed by atoms with Crippen LogP contribution in [0.3, 0.4) is 0 Å². The minimum atomic E-state index is -0.635. The number of esters is 1. The van der Waals surface area contributed by atoms with Crippen LogP contribution in [-0.2, 0) is 14.3 Å². The molecule has 1 aliphatic carbocycles. The van der Waals surface area contributed by atoms with Crippen LogP contribution >= 0.6 is 0 Å². The van der Waals surface area contributed by atoms with E-state index in [0.29, 0.717) is 25.7 Å². The Labute approximate surface area is 130 Å². The Hall–Kier alpha value is -0.610. The van der Waals surface area contributed by atoms with Gasteiger partial charge in [0.2, 0.25) is 0 Å². The molecular weight excluding hydrogens is 266 g/mol. The van der Waals surface area contributed by atoms with Gasteiger partial charge in [-0.2, -0.15) is 0 Å². The minimum absolute atomic E-state index is 0.142. The van der Waals surface area contributed by atoms with Gasteiger partial charge in [0.1, 0.15) is 5.54 Å². The largest absolute Gasteiger partial charge is 0.465 e. The monoisotopic (exact) mass is 299 g/mol. The van der Waals surface area contributed by atoms with Crippen molar-refractivity contribution in [3.8, 4) is 0 Å². The Kier molecular flexibility index (Phi) is 7.14. The molecule has 0 amide bonds. The summed E-state index contributed by atoms with van der Waals surface area (Å²) in [6, 6.07) is 0. The van der Waals surface area contributed by atoms with Crippen LogP contribution in [0.25, 0.3) is 0 Å². The summed E-state index contributed by atoms with van der Waals surface area (Å²) >= 11 is 0. The molecule has 1 unspecified atom stereocenters. The van der Waals surface area contributed by atoms with Crippen LogP contribution < -0.4 is 5.32 Å². The van der Waals surface area contributed by atoms with Gasteiger partial charge in [0.15, 0.2) is 0 Å². The van der Waals surface area contributed by atoms with Gasteiger partial charge in [-0.1, -0.05) is 27.7 Å². The fraction of sp³-hybridized carbons (Fsp3) is 0.941. The first-order chi connectivity index (χ1) is 9.85. The lowest BCUT2D eigenvalue weighted by atomic mass is 9.92. The average molecular weight is 299 g/mol. The Morgan fingerprint density at radius 3 is 2.38 bits per heavy atom. The topological polar surface area (TPSA) is 47.6 Å². The third-order valence-electron chi connectivity index (χ3n) is 3.93. The first-order valence-corrected chi connectivity index (χ1v) is 8.35. The molecule has 4 heteroatoms. The second-order valence-electron chi connectivity index (χ2n) is 7.26. The lowest BCUT2D eigenvalue weighted by Crippen LogP contribution is -2.58. The second-order valence-corrected chi connectivity index (χ2v) is 7.26. The fourth-order valence-corrected chi connectivity index (χ4v) is 2.41. The maximum atomic E-state index is 12.5. The summed E-state index contributed by atoms with van der Waals surface area (Å²) in [6.45, 7) is 12.9. The van der Waals surface area contributed by atoms with Gasteiger partial charge in [-0.25, -0.2) is 4.79 Å². The second kappa shape index (κ2) is 8.14. The van der Waals surface area contributed by atoms with Crippen molar-refractivity contribution in [3.05, 3.63) is 0 Å². The minimum Gasteiger partial charge on any atom is -0.465 e. The zero-order valence-corrected chi connectivity index (χ0v) is 14.5. The highest BCUT2D eigenvalue weighted by Gasteiger charge is 2.52. The maximum absolute atomic E-state index is 12.5. The van der Waals surface area contributed by atoms with Gasteiger partial charge in [-0.05, 0) is 50.5 Å². The molecule has 21 heavy (non-hydrogen) atoms. The highest BCUT2D eigenvalue weighted by atomic mass is 16.5. The summed E-state index contributed by atoms with van der Waals surface area (Å²) in [5, 5.41) is 3.43. The van der Waals surface area contributed by atoms with E-state index in [2.05, 4.69) is 33.0 Å². The van der Waals surface area contributed by atoms with E-state index in [1.54, 1.807) is 0 Å². The zero-order chi connectivity index (χ0) is 15.9. The van der Waals surface area contributed by atoms with E-state index in [1.807, 2.05) is 6.92 Å². The fourth-order valence-electron chi connectivity index (χ4n) is 2.41. The van der Waals surface area contributed by atoms with Crippen LogP contribution in [0, 0.1) is 11.3 Å². The van der Waals surface area contributed by atoms with E-state index in [-0.39, 0.29) is 11.4 Å². The first-order valence-electron chi connectivity index (χ1n) is 8.35. The standard InChI is InChI=1S/C17H33NO3/c1-6-11-18-17(14-8-9-14,15(19)21-7-2)13-20-12-10-16(3,4)5/h14,18H,6-13H2,1-5H3. The Morgan fingerprint density at radius 1 is 1.24 bits per heavy atom. The number of ether oxygens (including phenoxy) is 2. The quantitative estimate of drug-likeness (QED) is 0.497. The van der Waals surface area contributed by atoms with Crippen LogP contribution in [0.1, 0.15) is 60.3 Å². The first kappa shape index (κ1) is 18.4. The number of nitrogens with one attached hydrogen (secondary N) is 1. The van der Waals surface area contributed by atoms with Gasteiger partial charge in [0.05, 0.1) is 13.2 Å². The Bertz CT molecular complexity index is 320. The third-order valence-corrected chi connectivity index (χ3v) is 3.93. The maximum Gasteiger partial charge on any atom is 0.329 e. The summed E-state index contributed by atoms with van der Waals surface area (Å²) in [7, 11) is 0. The van der Waals surface area contributed by atoms with E-state index in [1.165, 1.54) is 0 Å². The molecule has 1 N–H and O–H groups in total. The third kappa shape index (κ3) is 5.95. The molecule has 1 aliphatic rings. The summed E-state index contributed by atoms with van der Waals surface area (Å²) in [5.41, 5.74) is -0.382. The van der Waals surface area contributed by atoms with Gasteiger partial charge in [0.25, 0.3) is 0 Å². The summed E-state index contributed by atoms with van der Waals surface area (Å²) in [4.78, 5) is 12.5. The normalized spacial score (nSPS) is 18.3. The van der Waals surface area contributed by atoms with Gasteiger partial charge in [-0.3, -0.25) is 5.32 Å². The van der Waals surface area contributed by atoms with Crippen molar-refractivity contribution in [2.75, 3.05) is 26.4 Å². The molecule has 0 heterocycles. The molecule has 0 aromatic carbocycles. The molecule has 4 nitrogen and oxygen atoms in total. The molecule has 0 aromatic heterocycles. The highest BCUT2D eigenvalue weighted by Crippen LogP contribution is 2.41. The van der Waals surface area contributed by atoms with E-state index in [9.17, 15) is 4.79 Å². The van der Waals surface area contributed by atoms with Gasteiger partial charge in [-0.15, -0.1) is 0 Å². The predicted molar refractivity (Wildman–Crippen MR) is 85.3 cm³/mol. The molecule has 0 spiro atoms. The molecular formula is C17H33NO3. The van der Waals surface area contributed by atoms with E-state index >= 15 is 0 Å². The van der Waals surface area contributed by atoms with E-state index < -0.39 is 5.54 Å². The molecule has 0 bridgehead atoms. The van der Waals surface area contributed by atoms with Crippen molar-refractivity contribution in [2.24, 2.45) is 11.3 Å². The zero-order valence-electron chi connectivity index (χ0n) is 14.5. The highest BCUT2D eigenvalue weighted by molar-refractivity contribution is 5.82. The molecule has 1 saturated carbocycles. The SMILES string of the molecule is CCCNC(COCCC(C)(C)C)(C(=O)OCC)C1CC1. The van der Waals surface area contributed by atoms with Crippen molar-refractivity contribution < 1.29 is 14.3 Å². The Balaban J connectivity index is 2.63. The molecule has 0 radical (unpaired) electrons. The number of carbonyl (C=O) groups is 1. The van der Waals surface area contributed by atoms with Crippen molar-refractivity contribution >= 4 is 5.97 Å². The number of hydrogen-bond donors (Lipinski definition) is 1. The lowest BCUT2D eigenvalue weighted by molar-refractivity contribution is -0.155. The summed E-state index contributed by atoms with van der Waals surface area (Å²) in [6.07, 6.45) is 4.15. The smallest absolute Gasteiger partial charge is 0.329 e. The van der Waals surface area contributed by atoms with Gasteiger partial charge in [0, 0.05) is 6.61 Å². The van der Waals surface area contributed by atoms with E-state index in [4.69, 9.17) is 9.47 Å². The lowest BCUT2D eigenvalue weighted by Gasteiger charge is -2.33. The Morgan fingerprint density at radius 2 is 1.90 bits per heavy atom.